The van der Waals surface area contributed by atoms with Crippen molar-refractivity contribution in [3.63, 3.8) is 0 Å². The van der Waals surface area contributed by atoms with Crippen LogP contribution in [0.1, 0.15) is 51.4 Å². The van der Waals surface area contributed by atoms with Crippen LogP contribution in [0.5, 0.6) is 17.2 Å². The van der Waals surface area contributed by atoms with E-state index in [1.807, 2.05) is 48.8 Å². The van der Waals surface area contributed by atoms with Crippen molar-refractivity contribution in [2.45, 2.75) is 51.4 Å². The molecule has 4 rings (SSSR count). The van der Waals surface area contributed by atoms with E-state index in [9.17, 15) is 0 Å². The van der Waals surface area contributed by atoms with Crippen LogP contribution in [0.3, 0.4) is 0 Å². The van der Waals surface area contributed by atoms with Crippen LogP contribution in [0, 0.1) is 28.3 Å². The molecule has 0 fully saturated rings. The molecule has 0 amide bonds. The van der Waals surface area contributed by atoms with Gasteiger partial charge in [0.15, 0.2) is 29.8 Å². The quantitative estimate of drug-likeness (QED) is 0.0118. The zero-order valence-electron chi connectivity index (χ0n) is 32.8. The van der Waals surface area contributed by atoms with Gasteiger partial charge < -0.3 is 36.3 Å². The van der Waals surface area contributed by atoms with Crippen molar-refractivity contribution in [2.24, 2.45) is 21.5 Å². The Bertz CT molecular complexity index is 1940. The zero-order valence-corrected chi connectivity index (χ0v) is 35.0. The van der Waals surface area contributed by atoms with E-state index in [1.54, 1.807) is 56.2 Å². The Kier molecular flexibility index (Phi) is 25.6. The molecule has 0 bridgehead atoms. The highest BCUT2D eigenvalue weighted by Gasteiger charge is 2.07. The van der Waals surface area contributed by atoms with E-state index >= 15 is 0 Å². The highest BCUT2D eigenvalue weighted by atomic mass is 35.5. The van der Waals surface area contributed by atoms with Crippen LogP contribution in [-0.2, 0) is 0 Å². The summed E-state index contributed by atoms with van der Waals surface area (Å²) in [5, 5.41) is 36.2. The average Bonchev–Trinajstić information content (AvgIpc) is 3.22. The highest BCUT2D eigenvalue weighted by Crippen LogP contribution is 2.34. The van der Waals surface area contributed by atoms with Gasteiger partial charge in [-0.3, -0.25) is 36.0 Å². The Morgan fingerprint density at radius 2 is 1.07 bits per heavy atom. The lowest BCUT2D eigenvalue weighted by molar-refractivity contribution is 0.285. The topological polar surface area (TPSA) is 250 Å². The number of nitrogens with zero attached hydrogens (tertiary/aromatic N) is 6. The van der Waals surface area contributed by atoms with Crippen LogP contribution in [0.15, 0.2) is 95.4 Å². The Hall–Kier alpha value is -6.20. The number of halogens is 3. The summed E-state index contributed by atoms with van der Waals surface area (Å²) in [6, 6.07) is 18.1. The minimum absolute atomic E-state index is 0.333. The first kappa shape index (κ1) is 48.9. The van der Waals surface area contributed by atoms with Gasteiger partial charge in [0.1, 0.15) is 5.75 Å². The van der Waals surface area contributed by atoms with Crippen molar-refractivity contribution in [1.82, 2.24) is 20.6 Å². The summed E-state index contributed by atoms with van der Waals surface area (Å²) >= 11 is 17.9. The summed E-state index contributed by atoms with van der Waals surface area (Å²) in [7, 11) is 1.64. The fourth-order valence-electron chi connectivity index (χ4n) is 4.70. The number of nitrogens with two attached hydrogens (primary N) is 2. The molecule has 0 saturated carbocycles. The number of pyridine rings is 2. The molecule has 19 heteroatoms. The van der Waals surface area contributed by atoms with Gasteiger partial charge in [0.25, 0.3) is 0 Å². The Morgan fingerprint density at radius 1 is 0.644 bits per heavy atom. The molecule has 0 saturated heterocycles. The molecule has 314 valence electrons. The normalized spacial score (nSPS) is 10.5. The first-order chi connectivity index (χ1) is 28.7. The molecule has 2 aromatic heterocycles. The van der Waals surface area contributed by atoms with Crippen LogP contribution in [-0.4, -0.2) is 61.3 Å². The molecule has 0 spiro atoms. The van der Waals surface area contributed by atoms with Gasteiger partial charge >= 0.3 is 0 Å². The molecule has 2 aromatic carbocycles. The molecular weight excluding hydrogens is 817 g/mol. The van der Waals surface area contributed by atoms with E-state index in [2.05, 4.69) is 52.7 Å². The minimum atomic E-state index is -0.333. The molecule has 16 nitrogen and oxygen atoms in total. The number of hydrogen-bond donors (Lipinski definition) is 7. The second kappa shape index (κ2) is 30.9. The molecule has 0 aliphatic carbocycles. The first-order valence-corrected chi connectivity index (χ1v) is 19.7. The summed E-state index contributed by atoms with van der Waals surface area (Å²) in [5.41, 5.74) is 10.6. The van der Waals surface area contributed by atoms with E-state index in [4.69, 9.17) is 64.9 Å². The number of aliphatic imine (C=N–C) groups is 2. The monoisotopic (exact) mass is 865 g/mol. The molecule has 2 heterocycles. The highest BCUT2D eigenvalue weighted by molar-refractivity contribution is 6.43. The molecule has 0 aliphatic rings. The van der Waals surface area contributed by atoms with E-state index in [1.165, 1.54) is 0 Å². The van der Waals surface area contributed by atoms with Crippen molar-refractivity contribution in [3.8, 4) is 29.6 Å². The number of aromatic nitrogens is 2. The fraction of sp³-hybridized carbons (Fsp3) is 0.325. The predicted molar refractivity (Wildman–Crippen MR) is 236 cm³/mol. The second-order valence-electron chi connectivity index (χ2n) is 12.0. The van der Waals surface area contributed by atoms with Crippen LogP contribution in [0.4, 0.5) is 11.4 Å². The molecule has 59 heavy (non-hydrogen) atoms. The van der Waals surface area contributed by atoms with Crippen molar-refractivity contribution in [3.05, 3.63) is 101 Å². The van der Waals surface area contributed by atoms with E-state index in [-0.39, 0.29) is 5.96 Å². The number of rotatable bonds is 19. The van der Waals surface area contributed by atoms with Crippen LogP contribution in [0.2, 0.25) is 15.1 Å². The van der Waals surface area contributed by atoms with Crippen LogP contribution >= 0.6 is 34.8 Å². The molecular formula is C40H50Cl3N13O3. The van der Waals surface area contributed by atoms with Gasteiger partial charge in [0.2, 0.25) is 11.9 Å². The Morgan fingerprint density at radius 3 is 1.53 bits per heavy atom. The van der Waals surface area contributed by atoms with Gasteiger partial charge in [-0.05, 0) is 81.0 Å². The number of benzene rings is 2. The molecule has 9 N–H and O–H groups in total. The zero-order chi connectivity index (χ0) is 42.9. The minimum Gasteiger partial charge on any atom is -0.493 e. The largest absolute Gasteiger partial charge is 0.493 e. The maximum absolute atomic E-state index is 8.83. The number of nitriles is 2. The van der Waals surface area contributed by atoms with Crippen LogP contribution in [0.25, 0.3) is 0 Å². The van der Waals surface area contributed by atoms with Gasteiger partial charge in [-0.15, -0.1) is 0 Å². The molecule has 4 aromatic rings. The lowest BCUT2D eigenvalue weighted by Gasteiger charge is -2.10. The van der Waals surface area contributed by atoms with Gasteiger partial charge in [-0.25, -0.2) is 0 Å². The summed E-state index contributed by atoms with van der Waals surface area (Å²) in [5.74, 6) is 2.61. The fourth-order valence-corrected chi connectivity index (χ4v) is 5.30. The third kappa shape index (κ3) is 23.0. The number of anilines is 2. The van der Waals surface area contributed by atoms with Crippen molar-refractivity contribution in [2.75, 3.05) is 44.0 Å². The lowest BCUT2D eigenvalue weighted by Crippen LogP contribution is -2.27. The number of unbranched alkanes of at least 4 members (excludes halogenated alkanes) is 6. The van der Waals surface area contributed by atoms with Crippen LogP contribution < -0.4 is 46.9 Å². The number of nitrogens with one attached hydrogen (secondary N) is 5. The van der Waals surface area contributed by atoms with Gasteiger partial charge in [-0.1, -0.05) is 59.8 Å². The number of guanidine groups is 3. The van der Waals surface area contributed by atoms with E-state index < -0.39 is 0 Å². The second-order valence-corrected chi connectivity index (χ2v) is 13.2. The maximum atomic E-state index is 8.83. The SMILES string of the molecule is COc1ccccc1OCCCCCCN=C(NC#N)Nc1ccncc1.N#CNC(=NCCCCCCOc1cc(Cl)c(Cl)cc1Cl)Nc1ccncc1.N=C(N)N. The molecule has 0 atom stereocenters. The lowest BCUT2D eigenvalue weighted by atomic mass is 10.2. The number of methoxy groups -OCH3 is 1. The summed E-state index contributed by atoms with van der Waals surface area (Å²) in [4.78, 5) is 16.7. The van der Waals surface area contributed by atoms with Crippen molar-refractivity contribution in [1.29, 1.82) is 15.9 Å². The van der Waals surface area contributed by atoms with Gasteiger partial charge in [0, 0.05) is 55.3 Å². The number of hydrogen-bond acceptors (Lipinski definition) is 10. The molecule has 0 aliphatic heterocycles. The maximum Gasteiger partial charge on any atom is 0.209 e. The smallest absolute Gasteiger partial charge is 0.209 e. The van der Waals surface area contributed by atoms with E-state index in [0.717, 1.165) is 74.2 Å². The van der Waals surface area contributed by atoms with Crippen molar-refractivity contribution >= 4 is 64.1 Å². The van der Waals surface area contributed by atoms with E-state index in [0.29, 0.717) is 59.0 Å². The first-order valence-electron chi connectivity index (χ1n) is 18.5. The summed E-state index contributed by atoms with van der Waals surface area (Å²) in [6.07, 6.45) is 18.3. The number of para-hydroxylation sites is 2. The molecule has 0 radical (unpaired) electrons. The van der Waals surface area contributed by atoms with Gasteiger partial charge in [0.05, 0.1) is 35.4 Å². The predicted octanol–water partition coefficient (Wildman–Crippen LogP) is 7.93. The summed E-state index contributed by atoms with van der Waals surface area (Å²) < 4.78 is 16.7. The third-order valence-corrected chi connectivity index (χ3v) is 8.46. The standard InChI is InChI=1S/C20H25N5O2.C19H20Cl3N5O.CH5N3/c1-26-18-8-4-5-9-19(18)27-15-7-3-2-6-12-23-20(24-16-21)25-17-10-13-22-14-11-17;20-15-11-17(22)18(12-16(15)21)28-10-4-2-1-3-7-25-19(26-13-23)27-14-5-8-24-9-6-14;2-1(3)4/h4-5,8-11,13-14H,2-3,6-7,12,15H2,1H3,(H2,22,23,24,25);5-6,8-9,11-12H,1-4,7,10H2,(H2,24,25,26,27);(H5,2,3,4). The van der Waals surface area contributed by atoms with Gasteiger partial charge in [-0.2, -0.15) is 10.5 Å². The Balaban J connectivity index is 0.000000373. The van der Waals surface area contributed by atoms with Crippen molar-refractivity contribution < 1.29 is 14.2 Å². The Labute approximate surface area is 360 Å². The average molecular weight is 867 g/mol. The summed E-state index contributed by atoms with van der Waals surface area (Å²) in [6.45, 7) is 2.47. The number of ether oxygens (including phenoxy) is 3. The molecule has 0 unspecified atom stereocenters. The third-order valence-electron chi connectivity index (χ3n) is 7.44.